The maximum absolute atomic E-state index is 11.8. The van der Waals surface area contributed by atoms with Gasteiger partial charge >= 0.3 is 0 Å². The van der Waals surface area contributed by atoms with Crippen LogP contribution >= 0.6 is 15.9 Å². The number of aromatic nitrogens is 1. The van der Waals surface area contributed by atoms with Crippen LogP contribution in [0.15, 0.2) is 18.3 Å². The van der Waals surface area contributed by atoms with Crippen molar-refractivity contribution in [2.75, 3.05) is 6.54 Å². The Bertz CT molecular complexity index is 362. The molecule has 1 amide bonds. The number of hydrogen-bond donors (Lipinski definition) is 1. The molecule has 1 N–H and O–H groups in total. The number of carbonyl (C=O) groups excluding carboxylic acids is 1. The molecule has 0 aliphatic heterocycles. The van der Waals surface area contributed by atoms with Crippen molar-refractivity contribution in [3.63, 3.8) is 0 Å². The number of halogens is 1. The SMILES string of the molecule is Cc1ccc(C(=O)NCC(Br)CC(C)C)cn1. The maximum Gasteiger partial charge on any atom is 0.252 e. The first-order chi connectivity index (χ1) is 7.99. The van der Waals surface area contributed by atoms with Crippen LogP contribution < -0.4 is 5.32 Å². The number of aryl methyl sites for hydroxylation is 1. The number of carbonyl (C=O) groups is 1. The summed E-state index contributed by atoms with van der Waals surface area (Å²) in [6.07, 6.45) is 2.66. The van der Waals surface area contributed by atoms with E-state index in [0.29, 0.717) is 22.9 Å². The zero-order valence-electron chi connectivity index (χ0n) is 10.5. The van der Waals surface area contributed by atoms with Crippen molar-refractivity contribution in [3.8, 4) is 0 Å². The van der Waals surface area contributed by atoms with Gasteiger partial charge in [0.25, 0.3) is 5.91 Å². The smallest absolute Gasteiger partial charge is 0.252 e. The molecular weight excluding hydrogens is 280 g/mol. The molecule has 0 aromatic carbocycles. The number of amides is 1. The Labute approximate surface area is 111 Å². The molecule has 0 radical (unpaired) electrons. The molecular formula is C13H19BrN2O. The summed E-state index contributed by atoms with van der Waals surface area (Å²) in [6, 6.07) is 3.64. The van der Waals surface area contributed by atoms with Crippen molar-refractivity contribution < 1.29 is 4.79 Å². The highest BCUT2D eigenvalue weighted by Gasteiger charge is 2.10. The van der Waals surface area contributed by atoms with Gasteiger partial charge in [0, 0.05) is 23.3 Å². The highest BCUT2D eigenvalue weighted by molar-refractivity contribution is 9.09. The van der Waals surface area contributed by atoms with Gasteiger partial charge in [-0.1, -0.05) is 29.8 Å². The van der Waals surface area contributed by atoms with Crippen molar-refractivity contribution in [1.82, 2.24) is 10.3 Å². The third-order valence-corrected chi connectivity index (χ3v) is 3.08. The van der Waals surface area contributed by atoms with Gasteiger partial charge < -0.3 is 5.32 Å². The molecule has 1 aromatic rings. The fourth-order valence-electron chi connectivity index (χ4n) is 1.50. The summed E-state index contributed by atoms with van der Waals surface area (Å²) in [6.45, 7) is 6.88. The molecule has 0 saturated heterocycles. The van der Waals surface area contributed by atoms with E-state index in [2.05, 4.69) is 40.1 Å². The monoisotopic (exact) mass is 298 g/mol. The zero-order valence-corrected chi connectivity index (χ0v) is 12.1. The molecule has 1 unspecified atom stereocenters. The van der Waals surface area contributed by atoms with Crippen LogP contribution in [0.25, 0.3) is 0 Å². The quantitative estimate of drug-likeness (QED) is 0.849. The highest BCUT2D eigenvalue weighted by atomic mass is 79.9. The van der Waals surface area contributed by atoms with E-state index >= 15 is 0 Å². The Hall–Kier alpha value is -0.900. The lowest BCUT2D eigenvalue weighted by Crippen LogP contribution is -2.30. The molecule has 17 heavy (non-hydrogen) atoms. The van der Waals surface area contributed by atoms with Crippen molar-refractivity contribution >= 4 is 21.8 Å². The van der Waals surface area contributed by atoms with Crippen LogP contribution in [0.2, 0.25) is 0 Å². The van der Waals surface area contributed by atoms with E-state index in [0.717, 1.165) is 12.1 Å². The van der Waals surface area contributed by atoms with E-state index in [1.165, 1.54) is 0 Å². The lowest BCUT2D eigenvalue weighted by atomic mass is 10.1. The molecule has 0 fully saturated rings. The second kappa shape index (κ2) is 6.74. The minimum atomic E-state index is -0.0642. The third kappa shape index (κ3) is 5.31. The van der Waals surface area contributed by atoms with Gasteiger partial charge in [-0.2, -0.15) is 0 Å². The van der Waals surface area contributed by atoms with Gasteiger partial charge in [0.05, 0.1) is 5.56 Å². The first-order valence-corrected chi connectivity index (χ1v) is 6.75. The third-order valence-electron chi connectivity index (χ3n) is 2.38. The normalized spacial score (nSPS) is 12.5. The standard InChI is InChI=1S/C13H19BrN2O/c1-9(2)6-12(14)8-16-13(17)11-5-4-10(3)15-7-11/h4-5,7,9,12H,6,8H2,1-3H3,(H,16,17). The molecule has 0 saturated carbocycles. The molecule has 0 bridgehead atoms. The van der Waals surface area contributed by atoms with E-state index in [1.54, 1.807) is 12.3 Å². The molecule has 3 nitrogen and oxygen atoms in total. The molecule has 1 rings (SSSR count). The molecule has 0 spiro atoms. The van der Waals surface area contributed by atoms with Crippen LogP contribution in [0.5, 0.6) is 0 Å². The number of alkyl halides is 1. The second-order valence-corrected chi connectivity index (χ2v) is 5.92. The number of hydrogen-bond acceptors (Lipinski definition) is 2. The molecule has 0 aliphatic rings. The van der Waals surface area contributed by atoms with Crippen molar-refractivity contribution in [1.29, 1.82) is 0 Å². The summed E-state index contributed by atoms with van der Waals surface area (Å²) in [4.78, 5) is 16.2. The minimum absolute atomic E-state index is 0.0642. The Morgan fingerprint density at radius 1 is 1.47 bits per heavy atom. The fourth-order valence-corrected chi connectivity index (χ4v) is 2.41. The van der Waals surface area contributed by atoms with Crippen LogP contribution in [0.1, 0.15) is 36.3 Å². The van der Waals surface area contributed by atoms with Gasteiger partial charge in [0.1, 0.15) is 0 Å². The van der Waals surface area contributed by atoms with Crippen LogP contribution in [-0.4, -0.2) is 22.3 Å². The summed E-state index contributed by atoms with van der Waals surface area (Å²) in [5, 5.41) is 2.90. The second-order valence-electron chi connectivity index (χ2n) is 4.63. The van der Waals surface area contributed by atoms with Crippen molar-refractivity contribution in [2.24, 2.45) is 5.92 Å². The average molecular weight is 299 g/mol. The van der Waals surface area contributed by atoms with Gasteiger partial charge in [-0.15, -0.1) is 0 Å². The first-order valence-electron chi connectivity index (χ1n) is 5.84. The van der Waals surface area contributed by atoms with Gasteiger partial charge in [-0.05, 0) is 31.4 Å². The molecule has 1 atom stereocenters. The van der Waals surface area contributed by atoms with Crippen molar-refractivity contribution in [2.45, 2.75) is 32.0 Å². The van der Waals surface area contributed by atoms with E-state index < -0.39 is 0 Å². The molecule has 0 aliphatic carbocycles. The largest absolute Gasteiger partial charge is 0.351 e. The summed E-state index contributed by atoms with van der Waals surface area (Å²) < 4.78 is 0. The first kappa shape index (κ1) is 14.2. The van der Waals surface area contributed by atoms with E-state index in [9.17, 15) is 4.79 Å². The van der Waals surface area contributed by atoms with Gasteiger partial charge in [-0.3, -0.25) is 9.78 Å². The lowest BCUT2D eigenvalue weighted by Gasteiger charge is -2.13. The summed E-state index contributed by atoms with van der Waals surface area (Å²) in [5.74, 6) is 0.558. The molecule has 4 heteroatoms. The highest BCUT2D eigenvalue weighted by Crippen LogP contribution is 2.11. The van der Waals surface area contributed by atoms with Crippen LogP contribution in [0.3, 0.4) is 0 Å². The molecule has 1 heterocycles. The Kier molecular flexibility index (Phi) is 5.62. The Morgan fingerprint density at radius 2 is 2.18 bits per heavy atom. The number of rotatable bonds is 5. The average Bonchev–Trinajstić information content (AvgIpc) is 2.26. The van der Waals surface area contributed by atoms with Crippen LogP contribution in [0.4, 0.5) is 0 Å². The van der Waals surface area contributed by atoms with Gasteiger partial charge in [-0.25, -0.2) is 0 Å². The fraction of sp³-hybridized carbons (Fsp3) is 0.538. The summed E-state index contributed by atoms with van der Waals surface area (Å²) in [5.41, 5.74) is 1.53. The van der Waals surface area contributed by atoms with Gasteiger partial charge in [0.2, 0.25) is 0 Å². The van der Waals surface area contributed by atoms with Crippen LogP contribution in [-0.2, 0) is 0 Å². The predicted octanol–water partition coefficient (Wildman–Crippen LogP) is 2.93. The molecule has 94 valence electrons. The van der Waals surface area contributed by atoms with E-state index in [-0.39, 0.29) is 5.91 Å². The number of nitrogens with zero attached hydrogens (tertiary/aromatic N) is 1. The van der Waals surface area contributed by atoms with Gasteiger partial charge in [0.15, 0.2) is 0 Å². The van der Waals surface area contributed by atoms with Crippen molar-refractivity contribution in [3.05, 3.63) is 29.6 Å². The summed E-state index contributed by atoms with van der Waals surface area (Å²) in [7, 11) is 0. The van der Waals surface area contributed by atoms with Crippen LogP contribution in [0, 0.1) is 12.8 Å². The Morgan fingerprint density at radius 3 is 2.71 bits per heavy atom. The number of nitrogens with one attached hydrogen (secondary N) is 1. The number of pyridine rings is 1. The minimum Gasteiger partial charge on any atom is -0.351 e. The lowest BCUT2D eigenvalue weighted by molar-refractivity contribution is 0.0953. The molecule has 1 aromatic heterocycles. The zero-order chi connectivity index (χ0) is 12.8. The summed E-state index contributed by atoms with van der Waals surface area (Å²) >= 11 is 3.56. The van der Waals surface area contributed by atoms with E-state index in [4.69, 9.17) is 0 Å². The maximum atomic E-state index is 11.8. The predicted molar refractivity (Wildman–Crippen MR) is 73.5 cm³/mol. The topological polar surface area (TPSA) is 42.0 Å². The Balaban J connectivity index is 2.42. The van der Waals surface area contributed by atoms with E-state index in [1.807, 2.05) is 13.0 Å².